The summed E-state index contributed by atoms with van der Waals surface area (Å²) in [5.74, 6) is -0.450. The number of methoxy groups -OCH3 is 1. The number of thiol groups is 1. The SMILES string of the molecule is COC(=O)c1cccc(COC(S)SC)n1. The van der Waals surface area contributed by atoms with E-state index >= 15 is 0 Å². The summed E-state index contributed by atoms with van der Waals surface area (Å²) < 4.78 is 9.74. The van der Waals surface area contributed by atoms with Crippen LogP contribution in [-0.4, -0.2) is 29.1 Å². The van der Waals surface area contributed by atoms with Crippen molar-refractivity contribution >= 4 is 30.4 Å². The number of rotatable bonds is 5. The largest absolute Gasteiger partial charge is 0.464 e. The predicted molar refractivity (Wildman–Crippen MR) is 66.7 cm³/mol. The lowest BCUT2D eigenvalue weighted by molar-refractivity contribution is 0.0593. The summed E-state index contributed by atoms with van der Waals surface area (Å²) in [5, 5.41) is 0. The fourth-order valence-corrected chi connectivity index (χ4v) is 1.28. The van der Waals surface area contributed by atoms with Gasteiger partial charge < -0.3 is 9.47 Å². The number of hydrogen-bond acceptors (Lipinski definition) is 6. The first-order chi connectivity index (χ1) is 7.67. The molecule has 0 saturated heterocycles. The molecule has 0 aliphatic carbocycles. The van der Waals surface area contributed by atoms with E-state index in [9.17, 15) is 4.79 Å². The Hall–Kier alpha value is -0.720. The fraction of sp³-hybridized carbons (Fsp3) is 0.400. The van der Waals surface area contributed by atoms with Gasteiger partial charge in [0.15, 0.2) is 0 Å². The van der Waals surface area contributed by atoms with Crippen molar-refractivity contribution in [3.63, 3.8) is 0 Å². The van der Waals surface area contributed by atoms with E-state index in [0.717, 1.165) is 0 Å². The number of carbonyl (C=O) groups is 1. The molecule has 6 heteroatoms. The number of carbonyl (C=O) groups excluding carboxylic acids is 1. The standard InChI is InChI=1S/C10H13NO3S2/c1-13-9(12)8-5-3-4-7(11-8)6-14-10(15)16-2/h3-5,10,15H,6H2,1-2H3. The van der Waals surface area contributed by atoms with Crippen molar-refractivity contribution in [1.29, 1.82) is 0 Å². The third-order valence-electron chi connectivity index (χ3n) is 1.78. The van der Waals surface area contributed by atoms with Crippen LogP contribution in [-0.2, 0) is 16.1 Å². The Morgan fingerprint density at radius 1 is 1.62 bits per heavy atom. The first-order valence-corrected chi connectivity index (χ1v) is 6.34. The van der Waals surface area contributed by atoms with Crippen LogP contribution in [0, 0.1) is 0 Å². The average Bonchev–Trinajstić information content (AvgIpc) is 2.35. The predicted octanol–water partition coefficient (Wildman–Crippen LogP) is 1.96. The Balaban J connectivity index is 2.64. The maximum Gasteiger partial charge on any atom is 0.356 e. The molecule has 16 heavy (non-hydrogen) atoms. The summed E-state index contributed by atoms with van der Waals surface area (Å²) in [7, 11) is 1.32. The first kappa shape index (κ1) is 13.3. The second-order valence-electron chi connectivity index (χ2n) is 2.86. The van der Waals surface area contributed by atoms with Crippen molar-refractivity contribution < 1.29 is 14.3 Å². The van der Waals surface area contributed by atoms with Crippen LogP contribution in [0.25, 0.3) is 0 Å². The number of aromatic nitrogens is 1. The van der Waals surface area contributed by atoms with E-state index < -0.39 is 5.97 Å². The molecule has 0 saturated carbocycles. The zero-order valence-corrected chi connectivity index (χ0v) is 10.8. The van der Waals surface area contributed by atoms with Crippen LogP contribution in [0.4, 0.5) is 0 Å². The Kier molecular flexibility index (Phi) is 5.65. The third-order valence-corrected chi connectivity index (χ3v) is 3.10. The quantitative estimate of drug-likeness (QED) is 0.497. The lowest BCUT2D eigenvalue weighted by Crippen LogP contribution is -2.07. The Morgan fingerprint density at radius 2 is 2.38 bits per heavy atom. The van der Waals surface area contributed by atoms with Crippen molar-refractivity contribution in [2.75, 3.05) is 13.4 Å². The maximum atomic E-state index is 11.2. The minimum atomic E-state index is -0.450. The van der Waals surface area contributed by atoms with Crippen LogP contribution >= 0.6 is 24.4 Å². The van der Waals surface area contributed by atoms with Gasteiger partial charge in [0, 0.05) is 0 Å². The first-order valence-electron chi connectivity index (χ1n) is 4.54. The second kappa shape index (κ2) is 6.78. The third kappa shape index (κ3) is 4.03. The molecule has 0 spiro atoms. The second-order valence-corrected chi connectivity index (χ2v) is 4.58. The molecule has 1 unspecified atom stereocenters. The zero-order chi connectivity index (χ0) is 12.0. The van der Waals surface area contributed by atoms with Crippen LogP contribution in [0.5, 0.6) is 0 Å². The van der Waals surface area contributed by atoms with Crippen molar-refractivity contribution in [3.05, 3.63) is 29.6 Å². The van der Waals surface area contributed by atoms with Crippen LogP contribution in [0.2, 0.25) is 0 Å². The molecule has 1 aromatic rings. The minimum absolute atomic E-state index is 0.191. The molecule has 1 rings (SSSR count). The molecule has 0 N–H and O–H groups in total. The highest BCUT2D eigenvalue weighted by Gasteiger charge is 2.08. The van der Waals surface area contributed by atoms with Gasteiger partial charge >= 0.3 is 5.97 Å². The van der Waals surface area contributed by atoms with Gasteiger partial charge in [-0.3, -0.25) is 0 Å². The molecule has 0 aromatic carbocycles. The van der Waals surface area contributed by atoms with Crippen molar-refractivity contribution in [3.8, 4) is 0 Å². The molecule has 88 valence electrons. The van der Waals surface area contributed by atoms with Crippen molar-refractivity contribution in [2.45, 2.75) is 11.4 Å². The fourth-order valence-electron chi connectivity index (χ4n) is 1.00. The molecule has 0 aliphatic rings. The number of esters is 1. The normalized spacial score (nSPS) is 12.2. The highest BCUT2D eigenvalue weighted by atomic mass is 32.2. The number of hydrogen-bond donors (Lipinski definition) is 1. The summed E-state index contributed by atoms with van der Waals surface area (Å²) >= 11 is 5.65. The lowest BCUT2D eigenvalue weighted by Gasteiger charge is -2.09. The summed E-state index contributed by atoms with van der Waals surface area (Å²) in [6.45, 7) is 0.319. The Labute approximate surface area is 104 Å². The molecule has 0 amide bonds. The number of ether oxygens (including phenoxy) is 2. The molecule has 0 radical (unpaired) electrons. The summed E-state index contributed by atoms with van der Waals surface area (Å²) in [5.41, 5.74) is 0.958. The van der Waals surface area contributed by atoms with Gasteiger partial charge in [-0.15, -0.1) is 24.4 Å². The minimum Gasteiger partial charge on any atom is -0.464 e. The highest BCUT2D eigenvalue weighted by Crippen LogP contribution is 2.14. The van der Waals surface area contributed by atoms with Gasteiger partial charge in [0.2, 0.25) is 0 Å². The lowest BCUT2D eigenvalue weighted by atomic mass is 10.3. The van der Waals surface area contributed by atoms with Gasteiger partial charge in [0.05, 0.1) is 19.4 Å². The van der Waals surface area contributed by atoms with E-state index in [1.807, 2.05) is 6.26 Å². The smallest absolute Gasteiger partial charge is 0.356 e. The number of pyridine rings is 1. The van der Waals surface area contributed by atoms with Crippen LogP contribution < -0.4 is 0 Å². The van der Waals surface area contributed by atoms with E-state index in [-0.39, 0.29) is 10.5 Å². The molecule has 4 nitrogen and oxygen atoms in total. The topological polar surface area (TPSA) is 48.4 Å². The van der Waals surface area contributed by atoms with Gasteiger partial charge in [0.1, 0.15) is 10.5 Å². The van der Waals surface area contributed by atoms with E-state index in [4.69, 9.17) is 4.74 Å². The molecular formula is C10H13NO3S2. The monoisotopic (exact) mass is 259 g/mol. The number of nitrogens with zero attached hydrogens (tertiary/aromatic N) is 1. The zero-order valence-electron chi connectivity index (χ0n) is 9.04. The maximum absolute atomic E-state index is 11.2. The van der Waals surface area contributed by atoms with Crippen LogP contribution in [0.15, 0.2) is 18.2 Å². The highest BCUT2D eigenvalue weighted by molar-refractivity contribution is 8.09. The van der Waals surface area contributed by atoms with E-state index in [0.29, 0.717) is 12.3 Å². The van der Waals surface area contributed by atoms with Crippen molar-refractivity contribution in [1.82, 2.24) is 4.98 Å². The summed E-state index contributed by atoms with van der Waals surface area (Å²) in [6.07, 6.45) is 1.90. The summed E-state index contributed by atoms with van der Waals surface area (Å²) in [4.78, 5) is 15.3. The van der Waals surface area contributed by atoms with E-state index in [1.165, 1.54) is 18.9 Å². The van der Waals surface area contributed by atoms with Gasteiger partial charge in [-0.05, 0) is 18.4 Å². The van der Waals surface area contributed by atoms with Gasteiger partial charge in [-0.1, -0.05) is 6.07 Å². The van der Waals surface area contributed by atoms with Crippen molar-refractivity contribution in [2.24, 2.45) is 0 Å². The van der Waals surface area contributed by atoms with Crippen LogP contribution in [0.1, 0.15) is 16.2 Å². The molecule has 0 aliphatic heterocycles. The van der Waals surface area contributed by atoms with Gasteiger partial charge in [0.25, 0.3) is 0 Å². The Morgan fingerprint density at radius 3 is 3.00 bits per heavy atom. The van der Waals surface area contributed by atoms with Crippen LogP contribution in [0.3, 0.4) is 0 Å². The number of thioether (sulfide) groups is 1. The Bertz CT molecular complexity index is 360. The van der Waals surface area contributed by atoms with E-state index in [1.54, 1.807) is 18.2 Å². The average molecular weight is 259 g/mol. The summed E-state index contributed by atoms with van der Waals surface area (Å²) in [6, 6.07) is 5.12. The molecule has 0 bridgehead atoms. The molecule has 0 fully saturated rings. The molecule has 1 atom stereocenters. The molecule has 1 heterocycles. The molecular weight excluding hydrogens is 246 g/mol. The molecule has 1 aromatic heterocycles. The van der Waals surface area contributed by atoms with E-state index in [2.05, 4.69) is 22.3 Å². The van der Waals surface area contributed by atoms with Gasteiger partial charge in [-0.2, -0.15) is 0 Å². The van der Waals surface area contributed by atoms with Gasteiger partial charge in [-0.25, -0.2) is 9.78 Å².